The summed E-state index contributed by atoms with van der Waals surface area (Å²) in [6.07, 6.45) is 0. The Hall–Kier alpha value is -2.85. The van der Waals surface area contributed by atoms with Crippen LogP contribution in [-0.2, 0) is 16.1 Å². The highest BCUT2D eigenvalue weighted by Crippen LogP contribution is 2.35. The van der Waals surface area contributed by atoms with Crippen molar-refractivity contribution in [2.24, 2.45) is 0 Å². The molecule has 26 heavy (non-hydrogen) atoms. The monoisotopic (exact) mass is 347 g/mol. The predicted octanol–water partition coefficient (Wildman–Crippen LogP) is 4.57. The van der Waals surface area contributed by atoms with Gasteiger partial charge in [-0.3, -0.25) is 4.90 Å². The van der Waals surface area contributed by atoms with E-state index in [4.69, 9.17) is 9.15 Å². The molecule has 4 heteroatoms. The van der Waals surface area contributed by atoms with Crippen LogP contribution in [0.5, 0.6) is 0 Å². The zero-order valence-electron chi connectivity index (χ0n) is 14.8. The summed E-state index contributed by atoms with van der Waals surface area (Å²) in [6, 6.07) is 17.3. The van der Waals surface area contributed by atoms with E-state index in [0.29, 0.717) is 25.5 Å². The number of benzene rings is 2. The van der Waals surface area contributed by atoms with Gasteiger partial charge in [-0.15, -0.1) is 0 Å². The lowest BCUT2D eigenvalue weighted by Gasteiger charge is -2.34. The Morgan fingerprint density at radius 1 is 1.19 bits per heavy atom. The number of hydrogen-bond donors (Lipinski definition) is 0. The molecule has 0 saturated heterocycles. The van der Waals surface area contributed by atoms with Crippen molar-refractivity contribution >= 4 is 22.5 Å². The minimum Gasteiger partial charge on any atom is -0.464 e. The third-order valence-electron chi connectivity index (χ3n) is 4.75. The fourth-order valence-corrected chi connectivity index (χ4v) is 3.59. The second-order valence-corrected chi connectivity index (χ2v) is 6.51. The SMILES string of the molecule is C=C1CN(C(C(=O)OCC)c2cc3ccccc3o2)Cc2ccccc21. The molecule has 0 aliphatic carbocycles. The van der Waals surface area contributed by atoms with E-state index in [9.17, 15) is 4.79 Å². The second kappa shape index (κ2) is 6.81. The number of ether oxygens (including phenoxy) is 1. The minimum atomic E-state index is -0.590. The molecular weight excluding hydrogens is 326 g/mol. The Labute approximate surface area is 152 Å². The summed E-state index contributed by atoms with van der Waals surface area (Å²) in [5.41, 5.74) is 4.09. The summed E-state index contributed by atoms with van der Waals surface area (Å²) in [4.78, 5) is 14.9. The molecular formula is C22H21NO3. The van der Waals surface area contributed by atoms with Crippen molar-refractivity contribution in [3.63, 3.8) is 0 Å². The molecule has 1 unspecified atom stereocenters. The number of esters is 1. The standard InChI is InChI=1S/C22H21NO3/c1-3-25-22(24)21(20-12-16-8-5-7-11-19(16)26-20)23-13-15(2)18-10-6-4-9-17(18)14-23/h4-12,21H,2-3,13-14H2,1H3. The van der Waals surface area contributed by atoms with Gasteiger partial charge in [-0.05, 0) is 35.8 Å². The fourth-order valence-electron chi connectivity index (χ4n) is 3.59. The summed E-state index contributed by atoms with van der Waals surface area (Å²) >= 11 is 0. The highest BCUT2D eigenvalue weighted by Gasteiger charge is 2.35. The summed E-state index contributed by atoms with van der Waals surface area (Å²) in [7, 11) is 0. The molecule has 0 N–H and O–H groups in total. The third kappa shape index (κ3) is 2.93. The van der Waals surface area contributed by atoms with Gasteiger partial charge in [0.2, 0.25) is 0 Å². The van der Waals surface area contributed by atoms with E-state index in [1.807, 2.05) is 49.4 Å². The van der Waals surface area contributed by atoms with Gasteiger partial charge >= 0.3 is 5.97 Å². The van der Waals surface area contributed by atoms with Crippen LogP contribution in [-0.4, -0.2) is 24.0 Å². The van der Waals surface area contributed by atoms with E-state index >= 15 is 0 Å². The van der Waals surface area contributed by atoms with Crippen LogP contribution in [0.1, 0.15) is 29.9 Å². The number of para-hydroxylation sites is 1. The van der Waals surface area contributed by atoms with Crippen LogP contribution in [0.4, 0.5) is 0 Å². The Kier molecular flexibility index (Phi) is 4.35. The van der Waals surface area contributed by atoms with Gasteiger partial charge < -0.3 is 9.15 Å². The number of fused-ring (bicyclic) bond motifs is 2. The molecule has 0 bridgehead atoms. The third-order valence-corrected chi connectivity index (χ3v) is 4.75. The van der Waals surface area contributed by atoms with Crippen LogP contribution in [0.2, 0.25) is 0 Å². The van der Waals surface area contributed by atoms with Gasteiger partial charge in [-0.1, -0.05) is 49.0 Å². The fraction of sp³-hybridized carbons (Fsp3) is 0.227. The molecule has 0 spiro atoms. The van der Waals surface area contributed by atoms with E-state index in [-0.39, 0.29) is 5.97 Å². The van der Waals surface area contributed by atoms with Gasteiger partial charge in [0.15, 0.2) is 6.04 Å². The predicted molar refractivity (Wildman–Crippen MR) is 101 cm³/mol. The maximum Gasteiger partial charge on any atom is 0.331 e. The highest BCUT2D eigenvalue weighted by atomic mass is 16.5. The molecule has 1 aliphatic heterocycles. The van der Waals surface area contributed by atoms with E-state index in [0.717, 1.165) is 27.7 Å². The minimum absolute atomic E-state index is 0.293. The lowest BCUT2D eigenvalue weighted by Crippen LogP contribution is -2.38. The first-order valence-corrected chi connectivity index (χ1v) is 8.82. The average molecular weight is 347 g/mol. The lowest BCUT2D eigenvalue weighted by molar-refractivity contribution is -0.150. The number of rotatable bonds is 4. The van der Waals surface area contributed by atoms with E-state index in [1.54, 1.807) is 0 Å². The molecule has 2 heterocycles. The van der Waals surface area contributed by atoms with E-state index in [1.165, 1.54) is 0 Å². The van der Waals surface area contributed by atoms with Crippen LogP contribution in [0, 0.1) is 0 Å². The molecule has 0 radical (unpaired) electrons. The van der Waals surface area contributed by atoms with E-state index in [2.05, 4.69) is 23.6 Å². The zero-order chi connectivity index (χ0) is 18.1. The number of carbonyl (C=O) groups excluding carboxylic acids is 1. The molecule has 4 nitrogen and oxygen atoms in total. The Morgan fingerprint density at radius 2 is 1.96 bits per heavy atom. The van der Waals surface area contributed by atoms with Gasteiger partial charge in [-0.25, -0.2) is 4.79 Å². The first-order chi connectivity index (χ1) is 12.7. The van der Waals surface area contributed by atoms with Crippen LogP contribution >= 0.6 is 0 Å². The Morgan fingerprint density at radius 3 is 2.77 bits per heavy atom. The Balaban J connectivity index is 1.74. The summed E-state index contributed by atoms with van der Waals surface area (Å²) in [5.74, 6) is 0.315. The van der Waals surface area contributed by atoms with Crippen molar-refractivity contribution < 1.29 is 13.9 Å². The molecule has 1 aliphatic rings. The lowest BCUT2D eigenvalue weighted by atomic mass is 9.94. The summed E-state index contributed by atoms with van der Waals surface area (Å²) in [5, 5.41) is 0.980. The quantitative estimate of drug-likeness (QED) is 0.649. The van der Waals surface area contributed by atoms with Crippen LogP contribution in [0.25, 0.3) is 16.5 Å². The number of nitrogens with zero attached hydrogens (tertiary/aromatic N) is 1. The molecule has 0 fully saturated rings. The normalized spacial score (nSPS) is 15.7. The maximum absolute atomic E-state index is 12.8. The van der Waals surface area contributed by atoms with Crippen LogP contribution < -0.4 is 0 Å². The molecule has 4 rings (SSSR count). The highest BCUT2D eigenvalue weighted by molar-refractivity contribution is 5.83. The second-order valence-electron chi connectivity index (χ2n) is 6.51. The molecule has 0 saturated carbocycles. The van der Waals surface area contributed by atoms with Crippen molar-refractivity contribution in [2.45, 2.75) is 19.5 Å². The molecule has 0 amide bonds. The van der Waals surface area contributed by atoms with Gasteiger partial charge in [0.1, 0.15) is 11.3 Å². The smallest absolute Gasteiger partial charge is 0.331 e. The van der Waals surface area contributed by atoms with Crippen molar-refractivity contribution in [2.75, 3.05) is 13.2 Å². The molecule has 3 aromatic rings. The maximum atomic E-state index is 12.8. The van der Waals surface area contributed by atoms with Crippen molar-refractivity contribution in [3.05, 3.63) is 78.1 Å². The average Bonchev–Trinajstić information content (AvgIpc) is 3.05. The Bertz CT molecular complexity index is 939. The van der Waals surface area contributed by atoms with Crippen molar-refractivity contribution in [1.29, 1.82) is 0 Å². The molecule has 132 valence electrons. The van der Waals surface area contributed by atoms with Gasteiger partial charge in [-0.2, -0.15) is 0 Å². The van der Waals surface area contributed by atoms with Crippen molar-refractivity contribution in [1.82, 2.24) is 4.90 Å². The van der Waals surface area contributed by atoms with E-state index < -0.39 is 6.04 Å². The largest absolute Gasteiger partial charge is 0.464 e. The van der Waals surface area contributed by atoms with Gasteiger partial charge in [0.25, 0.3) is 0 Å². The number of furan rings is 1. The first kappa shape index (κ1) is 16.6. The summed E-state index contributed by atoms with van der Waals surface area (Å²) in [6.45, 7) is 7.60. The molecule has 2 aromatic carbocycles. The topological polar surface area (TPSA) is 42.7 Å². The first-order valence-electron chi connectivity index (χ1n) is 8.82. The summed E-state index contributed by atoms with van der Waals surface area (Å²) < 4.78 is 11.4. The number of hydrogen-bond acceptors (Lipinski definition) is 4. The van der Waals surface area contributed by atoms with Crippen LogP contribution in [0.3, 0.4) is 0 Å². The van der Waals surface area contributed by atoms with Crippen molar-refractivity contribution in [3.8, 4) is 0 Å². The molecule has 1 atom stereocenters. The zero-order valence-corrected chi connectivity index (χ0v) is 14.8. The molecule has 1 aromatic heterocycles. The van der Waals surface area contributed by atoms with Gasteiger partial charge in [0.05, 0.1) is 6.61 Å². The van der Waals surface area contributed by atoms with Crippen LogP contribution in [0.15, 0.2) is 65.6 Å². The van der Waals surface area contributed by atoms with Gasteiger partial charge in [0, 0.05) is 18.5 Å². The number of carbonyl (C=O) groups is 1.